The van der Waals surface area contributed by atoms with Crippen molar-refractivity contribution < 1.29 is 4.79 Å². The van der Waals surface area contributed by atoms with E-state index in [0.29, 0.717) is 30.6 Å². The van der Waals surface area contributed by atoms with Crippen LogP contribution < -0.4 is 16.2 Å². The number of carbonyl (C=O) groups is 1. The summed E-state index contributed by atoms with van der Waals surface area (Å²) in [6.07, 6.45) is 5.44. The Bertz CT molecular complexity index is 1050. The Morgan fingerprint density at radius 1 is 1.21 bits per heavy atom. The number of nitrogens with zero attached hydrogens (tertiary/aromatic N) is 6. The second-order valence-electron chi connectivity index (χ2n) is 7.01. The molecule has 2 N–H and O–H groups in total. The highest BCUT2D eigenvalue weighted by Gasteiger charge is 2.25. The number of amides is 1. The highest BCUT2D eigenvalue weighted by atomic mass is 16.2. The number of hydrogen-bond acceptors (Lipinski definition) is 7. The van der Waals surface area contributed by atoms with E-state index >= 15 is 0 Å². The van der Waals surface area contributed by atoms with Crippen molar-refractivity contribution >= 4 is 11.7 Å². The minimum atomic E-state index is -0.245. The summed E-state index contributed by atoms with van der Waals surface area (Å²) in [5.74, 6) is 1.40. The van der Waals surface area contributed by atoms with Crippen molar-refractivity contribution in [3.8, 4) is 5.82 Å². The Morgan fingerprint density at radius 3 is 2.72 bits per heavy atom. The van der Waals surface area contributed by atoms with E-state index in [0.717, 1.165) is 24.2 Å². The van der Waals surface area contributed by atoms with Crippen LogP contribution in [0.25, 0.3) is 5.82 Å². The van der Waals surface area contributed by atoms with Gasteiger partial charge in [-0.1, -0.05) is 0 Å². The van der Waals surface area contributed by atoms with Gasteiger partial charge >= 0.3 is 0 Å². The zero-order valence-corrected chi connectivity index (χ0v) is 16.1. The van der Waals surface area contributed by atoms with Crippen LogP contribution in [0.5, 0.6) is 0 Å². The highest BCUT2D eigenvalue weighted by molar-refractivity contribution is 5.75. The molecule has 0 radical (unpaired) electrons. The molecule has 3 aromatic rings. The van der Waals surface area contributed by atoms with Crippen LogP contribution in [0.4, 0.5) is 5.82 Å². The Morgan fingerprint density at radius 2 is 2.07 bits per heavy atom. The number of aromatic nitrogens is 6. The first kappa shape index (κ1) is 18.8. The first-order valence-electron chi connectivity index (χ1n) is 9.52. The summed E-state index contributed by atoms with van der Waals surface area (Å²) in [4.78, 5) is 28.4. The van der Waals surface area contributed by atoms with Crippen LogP contribution in [-0.4, -0.2) is 48.5 Å². The molecule has 1 saturated carbocycles. The van der Waals surface area contributed by atoms with Gasteiger partial charge < -0.3 is 10.6 Å². The lowest BCUT2D eigenvalue weighted by atomic mass is 10.3. The van der Waals surface area contributed by atoms with E-state index in [1.54, 1.807) is 10.7 Å². The van der Waals surface area contributed by atoms with Gasteiger partial charge in [0.25, 0.3) is 5.56 Å². The zero-order valence-electron chi connectivity index (χ0n) is 16.1. The molecule has 0 saturated heterocycles. The molecule has 150 valence electrons. The molecule has 10 heteroatoms. The summed E-state index contributed by atoms with van der Waals surface area (Å²) in [6.45, 7) is 2.73. The second-order valence-corrected chi connectivity index (χ2v) is 7.01. The van der Waals surface area contributed by atoms with Gasteiger partial charge in [0.1, 0.15) is 12.4 Å². The fourth-order valence-corrected chi connectivity index (χ4v) is 2.85. The van der Waals surface area contributed by atoms with Crippen molar-refractivity contribution in [2.75, 3.05) is 18.4 Å². The van der Waals surface area contributed by atoms with Crippen LogP contribution >= 0.6 is 0 Å². The summed E-state index contributed by atoms with van der Waals surface area (Å²) >= 11 is 0. The molecule has 4 rings (SSSR count). The highest BCUT2D eigenvalue weighted by Crippen LogP contribution is 2.38. The maximum atomic E-state index is 12.1. The quantitative estimate of drug-likeness (QED) is 0.538. The molecule has 1 aliphatic carbocycles. The lowest BCUT2D eigenvalue weighted by molar-refractivity contribution is -0.121. The van der Waals surface area contributed by atoms with Gasteiger partial charge in [-0.05, 0) is 38.0 Å². The molecule has 1 amide bonds. The number of carbonyl (C=O) groups excluding carboxylic acids is 1. The fourth-order valence-electron chi connectivity index (χ4n) is 2.85. The molecule has 1 aliphatic rings. The molecule has 0 spiro atoms. The van der Waals surface area contributed by atoms with Gasteiger partial charge in [0, 0.05) is 31.3 Å². The smallest absolute Gasteiger partial charge is 0.254 e. The van der Waals surface area contributed by atoms with Crippen LogP contribution in [0.3, 0.4) is 0 Å². The van der Waals surface area contributed by atoms with Crippen LogP contribution in [0, 0.1) is 6.92 Å². The van der Waals surface area contributed by atoms with Crippen molar-refractivity contribution in [1.29, 1.82) is 0 Å². The molecule has 0 unspecified atom stereocenters. The topological polar surface area (TPSA) is 120 Å². The molecule has 29 heavy (non-hydrogen) atoms. The average Bonchev–Trinajstić information content (AvgIpc) is 3.48. The molecular formula is C19H22N8O2. The molecule has 0 atom stereocenters. The predicted molar refractivity (Wildman–Crippen MR) is 106 cm³/mol. The van der Waals surface area contributed by atoms with E-state index in [2.05, 4.69) is 30.9 Å². The molecule has 3 heterocycles. The second kappa shape index (κ2) is 8.21. The van der Waals surface area contributed by atoms with Gasteiger partial charge in [0.05, 0.1) is 17.7 Å². The molecule has 0 aliphatic heterocycles. The Kier molecular flexibility index (Phi) is 5.32. The Labute approximate surface area is 167 Å². The van der Waals surface area contributed by atoms with Gasteiger partial charge in [-0.25, -0.2) is 9.67 Å². The molecule has 0 aromatic carbocycles. The fraction of sp³-hybridized carbons (Fsp3) is 0.368. The van der Waals surface area contributed by atoms with Crippen molar-refractivity contribution in [3.05, 3.63) is 58.5 Å². The van der Waals surface area contributed by atoms with E-state index in [9.17, 15) is 9.59 Å². The minimum Gasteiger partial charge on any atom is -0.367 e. The van der Waals surface area contributed by atoms with Gasteiger partial charge in [-0.3, -0.25) is 14.2 Å². The number of rotatable bonds is 8. The number of hydrogen-bond donors (Lipinski definition) is 2. The first-order chi connectivity index (χ1) is 14.1. The summed E-state index contributed by atoms with van der Waals surface area (Å²) in [6, 6.07) is 7.03. The molecular weight excluding hydrogens is 372 g/mol. The van der Waals surface area contributed by atoms with E-state index in [1.807, 2.05) is 25.3 Å². The lowest BCUT2D eigenvalue weighted by Crippen LogP contribution is -2.35. The van der Waals surface area contributed by atoms with Crippen LogP contribution in [-0.2, 0) is 11.3 Å². The third kappa shape index (κ3) is 4.84. The summed E-state index contributed by atoms with van der Waals surface area (Å²) in [5, 5.41) is 18.4. The van der Waals surface area contributed by atoms with Gasteiger partial charge in [0.2, 0.25) is 5.91 Å². The summed E-state index contributed by atoms with van der Waals surface area (Å²) < 4.78 is 2.97. The number of aryl methyl sites for hydroxylation is 1. The monoisotopic (exact) mass is 394 g/mol. The van der Waals surface area contributed by atoms with Crippen molar-refractivity contribution in [2.24, 2.45) is 0 Å². The number of nitrogens with one attached hydrogen (secondary N) is 2. The predicted octanol–water partition coefficient (Wildman–Crippen LogP) is 0.633. The Hall–Kier alpha value is -3.56. The van der Waals surface area contributed by atoms with Crippen molar-refractivity contribution in [2.45, 2.75) is 32.2 Å². The molecule has 0 bridgehead atoms. The van der Waals surface area contributed by atoms with E-state index in [1.165, 1.54) is 17.0 Å². The average molecular weight is 394 g/mol. The van der Waals surface area contributed by atoms with Gasteiger partial charge in [-0.2, -0.15) is 5.10 Å². The largest absolute Gasteiger partial charge is 0.367 e. The van der Waals surface area contributed by atoms with Gasteiger partial charge in [-0.15, -0.1) is 10.2 Å². The summed E-state index contributed by atoms with van der Waals surface area (Å²) in [5.41, 5.74) is 1.53. The molecule has 10 nitrogen and oxygen atoms in total. The van der Waals surface area contributed by atoms with E-state index in [-0.39, 0.29) is 18.0 Å². The van der Waals surface area contributed by atoms with E-state index < -0.39 is 0 Å². The maximum Gasteiger partial charge on any atom is 0.254 e. The third-order valence-corrected chi connectivity index (χ3v) is 4.57. The standard InChI is InChI=1S/C19H22N8O2/c1-13-6-9-27(25-13)17-5-4-16(23-24-17)20-7-8-21-18(28)11-26-12-22-15(10-19(26)29)14-2-3-14/h4-6,9-10,12,14H,2-3,7-8,11H2,1H3,(H,20,23)(H,21,28). The lowest BCUT2D eigenvalue weighted by Gasteiger charge is -2.09. The first-order valence-corrected chi connectivity index (χ1v) is 9.52. The molecule has 3 aromatic heterocycles. The van der Waals surface area contributed by atoms with Crippen LogP contribution in [0.1, 0.15) is 30.1 Å². The third-order valence-electron chi connectivity index (χ3n) is 4.57. The molecule has 1 fully saturated rings. The van der Waals surface area contributed by atoms with Gasteiger partial charge in [0.15, 0.2) is 5.82 Å². The number of anilines is 1. The normalized spacial score (nSPS) is 13.3. The summed E-state index contributed by atoms with van der Waals surface area (Å²) in [7, 11) is 0. The van der Waals surface area contributed by atoms with Crippen molar-refractivity contribution in [1.82, 2.24) is 34.8 Å². The SMILES string of the molecule is Cc1ccn(-c2ccc(NCCNC(=O)Cn3cnc(C4CC4)cc3=O)nn2)n1. The zero-order chi connectivity index (χ0) is 20.2. The minimum absolute atomic E-state index is 0.0471. The maximum absolute atomic E-state index is 12.1. The van der Waals surface area contributed by atoms with Crippen LogP contribution in [0.15, 0.2) is 41.6 Å². The van der Waals surface area contributed by atoms with E-state index in [4.69, 9.17) is 0 Å². The van der Waals surface area contributed by atoms with Crippen LogP contribution in [0.2, 0.25) is 0 Å². The Balaban J connectivity index is 1.21. The van der Waals surface area contributed by atoms with Crippen molar-refractivity contribution in [3.63, 3.8) is 0 Å².